The molecule has 0 saturated carbocycles. The monoisotopic (exact) mass is 368 g/mol. The van der Waals surface area contributed by atoms with Crippen molar-refractivity contribution in [1.82, 2.24) is 0 Å². The van der Waals surface area contributed by atoms with Crippen LogP contribution in [0.25, 0.3) is 0 Å². The highest BCUT2D eigenvalue weighted by Gasteiger charge is 2.10. The number of alkyl halides is 1. The Bertz CT molecular complexity index is 515. The van der Waals surface area contributed by atoms with Crippen molar-refractivity contribution in [2.24, 2.45) is 5.92 Å². The molecule has 0 nitrogen and oxygen atoms in total. The van der Waals surface area contributed by atoms with Crippen LogP contribution in [-0.2, 0) is 6.42 Å². The summed E-state index contributed by atoms with van der Waals surface area (Å²) in [5.41, 5.74) is 1.35. The van der Waals surface area contributed by atoms with Gasteiger partial charge in [-0.1, -0.05) is 52.3 Å². The van der Waals surface area contributed by atoms with E-state index in [1.807, 2.05) is 11.8 Å². The molecule has 2 aromatic rings. The fourth-order valence-corrected chi connectivity index (χ4v) is 3.82. The Morgan fingerprint density at radius 3 is 2.40 bits per heavy atom. The molecule has 0 amide bonds. The van der Waals surface area contributed by atoms with Crippen LogP contribution in [0, 0.1) is 5.92 Å². The topological polar surface area (TPSA) is 0 Å². The maximum Gasteiger partial charge on any atom is 0.0255 e. The Labute approximate surface area is 139 Å². The molecule has 0 aliphatic rings. The van der Waals surface area contributed by atoms with Gasteiger partial charge in [-0.25, -0.2) is 0 Å². The lowest BCUT2D eigenvalue weighted by Gasteiger charge is -2.14. The molecule has 0 fully saturated rings. The molecule has 0 aliphatic heterocycles. The second-order valence-electron chi connectivity index (χ2n) is 4.77. The number of hydrogen-bond donors (Lipinski definition) is 0. The Morgan fingerprint density at radius 2 is 1.70 bits per heavy atom. The summed E-state index contributed by atoms with van der Waals surface area (Å²) in [5, 5.41) is 0. The summed E-state index contributed by atoms with van der Waals surface area (Å²) >= 11 is 11.6. The second-order valence-corrected chi connectivity index (χ2v) is 7.10. The molecule has 0 aliphatic carbocycles. The molecule has 2 rings (SSSR count). The molecule has 1 atom stereocenters. The van der Waals surface area contributed by atoms with Crippen molar-refractivity contribution in [3.63, 3.8) is 0 Å². The summed E-state index contributed by atoms with van der Waals surface area (Å²) in [5.74, 6) is 2.37. The van der Waals surface area contributed by atoms with E-state index in [4.69, 9.17) is 11.6 Å². The molecule has 0 saturated heterocycles. The molecule has 1 unspecified atom stereocenters. The number of hydrogen-bond acceptors (Lipinski definition) is 1. The van der Waals surface area contributed by atoms with E-state index in [1.54, 1.807) is 0 Å². The first-order chi connectivity index (χ1) is 9.79. The van der Waals surface area contributed by atoms with E-state index < -0.39 is 0 Å². The van der Waals surface area contributed by atoms with Crippen molar-refractivity contribution in [3.05, 3.63) is 64.6 Å². The SMILES string of the molecule is ClCC(CCSc1ccccc1)Cc1ccccc1Br. The van der Waals surface area contributed by atoms with Crippen LogP contribution < -0.4 is 0 Å². The predicted molar refractivity (Wildman–Crippen MR) is 93.8 cm³/mol. The minimum absolute atomic E-state index is 0.534. The van der Waals surface area contributed by atoms with E-state index in [9.17, 15) is 0 Å². The van der Waals surface area contributed by atoms with Gasteiger partial charge in [-0.15, -0.1) is 23.4 Å². The lowest BCUT2D eigenvalue weighted by molar-refractivity contribution is 0.570. The molecule has 3 heteroatoms. The number of rotatable bonds is 7. The summed E-state index contributed by atoms with van der Waals surface area (Å²) < 4.78 is 1.19. The molecule has 0 radical (unpaired) electrons. The Kier molecular flexibility index (Phi) is 6.98. The van der Waals surface area contributed by atoms with Crippen molar-refractivity contribution >= 4 is 39.3 Å². The Balaban J connectivity index is 1.82. The van der Waals surface area contributed by atoms with Crippen LogP contribution in [0.5, 0.6) is 0 Å². The van der Waals surface area contributed by atoms with Crippen molar-refractivity contribution in [1.29, 1.82) is 0 Å². The van der Waals surface area contributed by atoms with Crippen LogP contribution in [0.4, 0.5) is 0 Å². The average molecular weight is 370 g/mol. The van der Waals surface area contributed by atoms with Crippen LogP contribution in [0.2, 0.25) is 0 Å². The molecular weight excluding hydrogens is 352 g/mol. The van der Waals surface area contributed by atoms with Gasteiger partial charge in [-0.05, 0) is 48.3 Å². The molecule has 0 N–H and O–H groups in total. The first-order valence-electron chi connectivity index (χ1n) is 6.77. The van der Waals surface area contributed by atoms with Crippen LogP contribution in [-0.4, -0.2) is 11.6 Å². The lowest BCUT2D eigenvalue weighted by atomic mass is 9.99. The van der Waals surface area contributed by atoms with Crippen molar-refractivity contribution in [3.8, 4) is 0 Å². The smallest absolute Gasteiger partial charge is 0.0255 e. The standard InChI is InChI=1S/C17H18BrClS/c18-17-9-5-4-6-15(17)12-14(13-19)10-11-20-16-7-2-1-3-8-16/h1-9,14H,10-13H2. The molecule has 2 aromatic carbocycles. The van der Waals surface area contributed by atoms with Crippen molar-refractivity contribution < 1.29 is 0 Å². The Hall–Kier alpha value is -0.440. The molecule has 0 spiro atoms. The predicted octanol–water partition coefficient (Wildman–Crippen LogP) is 6.03. The second kappa shape index (κ2) is 8.76. The maximum absolute atomic E-state index is 6.13. The third kappa shape index (κ3) is 5.16. The van der Waals surface area contributed by atoms with E-state index >= 15 is 0 Å². The van der Waals surface area contributed by atoms with Crippen LogP contribution >= 0.6 is 39.3 Å². The molecule has 106 valence electrons. The summed E-state index contributed by atoms with van der Waals surface area (Å²) in [6, 6.07) is 19.0. The largest absolute Gasteiger partial charge is 0.126 e. The van der Waals surface area contributed by atoms with Gasteiger partial charge < -0.3 is 0 Å². The van der Waals surface area contributed by atoms with Gasteiger partial charge in [-0.3, -0.25) is 0 Å². The van der Waals surface area contributed by atoms with Crippen LogP contribution in [0.15, 0.2) is 64.0 Å². The third-order valence-electron chi connectivity index (χ3n) is 3.22. The maximum atomic E-state index is 6.13. The van der Waals surface area contributed by atoms with Gasteiger partial charge in [0.2, 0.25) is 0 Å². The highest BCUT2D eigenvalue weighted by molar-refractivity contribution is 9.10. The average Bonchev–Trinajstić information content (AvgIpc) is 2.49. The zero-order valence-corrected chi connectivity index (χ0v) is 14.4. The first kappa shape index (κ1) is 15.9. The highest BCUT2D eigenvalue weighted by Crippen LogP contribution is 2.25. The molecule has 0 aromatic heterocycles. The Morgan fingerprint density at radius 1 is 1.00 bits per heavy atom. The fraction of sp³-hybridized carbons (Fsp3) is 0.294. The molecule has 0 bridgehead atoms. The van der Waals surface area contributed by atoms with Gasteiger partial charge in [0, 0.05) is 15.2 Å². The fourth-order valence-electron chi connectivity index (χ4n) is 2.07. The van der Waals surface area contributed by atoms with Gasteiger partial charge in [0.15, 0.2) is 0 Å². The summed E-state index contributed by atoms with van der Waals surface area (Å²) in [6.07, 6.45) is 2.19. The van der Waals surface area contributed by atoms with E-state index in [1.165, 1.54) is 14.9 Å². The zero-order chi connectivity index (χ0) is 14.2. The lowest BCUT2D eigenvalue weighted by Crippen LogP contribution is -2.08. The van der Waals surface area contributed by atoms with Crippen LogP contribution in [0.1, 0.15) is 12.0 Å². The van der Waals surface area contributed by atoms with E-state index in [0.717, 1.165) is 24.5 Å². The summed E-state index contributed by atoms with van der Waals surface area (Å²) in [4.78, 5) is 1.33. The van der Waals surface area contributed by atoms with Gasteiger partial charge in [0.05, 0.1) is 0 Å². The van der Waals surface area contributed by atoms with E-state index in [0.29, 0.717) is 5.92 Å². The summed E-state index contributed by atoms with van der Waals surface area (Å²) in [7, 11) is 0. The summed E-state index contributed by atoms with van der Waals surface area (Å²) in [6.45, 7) is 0. The number of benzene rings is 2. The highest BCUT2D eigenvalue weighted by atomic mass is 79.9. The minimum Gasteiger partial charge on any atom is -0.126 e. The first-order valence-corrected chi connectivity index (χ1v) is 9.08. The zero-order valence-electron chi connectivity index (χ0n) is 11.3. The van der Waals surface area contributed by atoms with E-state index in [-0.39, 0.29) is 0 Å². The third-order valence-corrected chi connectivity index (χ3v) is 5.48. The van der Waals surface area contributed by atoms with Crippen molar-refractivity contribution in [2.45, 2.75) is 17.7 Å². The quantitative estimate of drug-likeness (QED) is 0.424. The van der Waals surface area contributed by atoms with Gasteiger partial charge >= 0.3 is 0 Å². The number of halogens is 2. The normalized spacial score (nSPS) is 12.3. The van der Waals surface area contributed by atoms with Crippen molar-refractivity contribution in [2.75, 3.05) is 11.6 Å². The van der Waals surface area contributed by atoms with Gasteiger partial charge in [0.1, 0.15) is 0 Å². The number of thioether (sulfide) groups is 1. The molecule has 20 heavy (non-hydrogen) atoms. The minimum atomic E-state index is 0.534. The van der Waals surface area contributed by atoms with Crippen LogP contribution in [0.3, 0.4) is 0 Å². The van der Waals surface area contributed by atoms with E-state index in [2.05, 4.69) is 70.5 Å². The van der Waals surface area contributed by atoms with Gasteiger partial charge in [-0.2, -0.15) is 0 Å². The molecular formula is C17H18BrClS. The molecule has 0 heterocycles. The van der Waals surface area contributed by atoms with Gasteiger partial charge in [0.25, 0.3) is 0 Å².